The lowest BCUT2D eigenvalue weighted by molar-refractivity contribution is -0.123. The Kier molecular flexibility index (Phi) is 5.21. The molecule has 3 amide bonds. The number of nitrogens with one attached hydrogen (secondary N) is 1. The summed E-state index contributed by atoms with van der Waals surface area (Å²) in [5, 5.41) is 12.7. The maximum absolute atomic E-state index is 13.0. The van der Waals surface area contributed by atoms with Crippen molar-refractivity contribution >= 4 is 52.3 Å². The highest BCUT2D eigenvalue weighted by Crippen LogP contribution is 2.33. The van der Waals surface area contributed by atoms with Gasteiger partial charge in [-0.2, -0.15) is 5.11 Å². The monoisotopic (exact) mass is 445 g/mol. The van der Waals surface area contributed by atoms with Crippen LogP contribution in [0.2, 0.25) is 10.0 Å². The molecule has 0 aromatic heterocycles. The van der Waals surface area contributed by atoms with E-state index in [0.29, 0.717) is 21.4 Å². The summed E-state index contributed by atoms with van der Waals surface area (Å²) in [5.74, 6) is -1.40. The van der Waals surface area contributed by atoms with Crippen LogP contribution in [0.15, 0.2) is 46.7 Å². The Labute approximate surface area is 182 Å². The summed E-state index contributed by atoms with van der Waals surface area (Å²) in [4.78, 5) is 39.3. The quantitative estimate of drug-likeness (QED) is 0.727. The third-order valence-corrected chi connectivity index (χ3v) is 5.69. The first-order valence-electron chi connectivity index (χ1n) is 9.13. The normalized spacial score (nSPS) is 20.1. The summed E-state index contributed by atoms with van der Waals surface area (Å²) in [6.07, 6.45) is 0. The zero-order valence-electron chi connectivity index (χ0n) is 16.1. The van der Waals surface area contributed by atoms with Gasteiger partial charge in [-0.1, -0.05) is 40.6 Å². The summed E-state index contributed by atoms with van der Waals surface area (Å²) in [6.45, 7) is 3.42. The van der Waals surface area contributed by atoms with Crippen molar-refractivity contribution in [3.05, 3.63) is 57.6 Å². The van der Waals surface area contributed by atoms with Crippen LogP contribution in [0, 0.1) is 13.8 Å². The molecule has 0 aliphatic carbocycles. The van der Waals surface area contributed by atoms with Gasteiger partial charge in [0.15, 0.2) is 12.1 Å². The molecule has 2 aliphatic rings. The van der Waals surface area contributed by atoms with Gasteiger partial charge in [0.1, 0.15) is 6.54 Å². The number of benzene rings is 2. The van der Waals surface area contributed by atoms with Crippen molar-refractivity contribution in [2.45, 2.75) is 25.9 Å². The lowest BCUT2D eigenvalue weighted by atomic mass is 10.1. The van der Waals surface area contributed by atoms with Crippen LogP contribution in [0.1, 0.15) is 11.1 Å². The molecule has 0 unspecified atom stereocenters. The van der Waals surface area contributed by atoms with Gasteiger partial charge < -0.3 is 5.32 Å². The number of amides is 3. The molecule has 2 atom stereocenters. The fourth-order valence-electron chi connectivity index (χ4n) is 3.39. The van der Waals surface area contributed by atoms with Crippen molar-refractivity contribution in [2.24, 2.45) is 10.3 Å². The molecule has 30 heavy (non-hydrogen) atoms. The third kappa shape index (κ3) is 3.53. The maximum Gasteiger partial charge on any atom is 0.263 e. The van der Waals surface area contributed by atoms with Gasteiger partial charge in [-0.15, -0.1) is 0 Å². The number of carbonyl (C=O) groups is 3. The Balaban J connectivity index is 1.51. The molecule has 2 aromatic rings. The maximum atomic E-state index is 13.0. The Morgan fingerprint density at radius 3 is 2.53 bits per heavy atom. The molecule has 0 bridgehead atoms. The molecular weight excluding hydrogens is 429 g/mol. The molecule has 8 nitrogen and oxygen atoms in total. The molecule has 2 aliphatic heterocycles. The van der Waals surface area contributed by atoms with E-state index in [0.717, 1.165) is 16.0 Å². The van der Waals surface area contributed by atoms with Crippen LogP contribution in [0.4, 0.5) is 11.4 Å². The molecule has 1 saturated heterocycles. The van der Waals surface area contributed by atoms with Gasteiger partial charge in [-0.05, 0) is 49.2 Å². The highest BCUT2D eigenvalue weighted by Gasteiger charge is 2.55. The Bertz CT molecular complexity index is 1100. The lowest BCUT2D eigenvalue weighted by Crippen LogP contribution is -2.43. The topological polar surface area (TPSA) is 94.4 Å². The van der Waals surface area contributed by atoms with E-state index in [2.05, 4.69) is 15.7 Å². The highest BCUT2D eigenvalue weighted by atomic mass is 35.5. The Morgan fingerprint density at radius 2 is 1.80 bits per heavy atom. The zero-order valence-corrected chi connectivity index (χ0v) is 17.6. The number of fused-ring (bicyclic) bond motifs is 1. The number of hydrogen-bond donors (Lipinski definition) is 1. The van der Waals surface area contributed by atoms with Crippen molar-refractivity contribution < 1.29 is 14.4 Å². The second-order valence-electron chi connectivity index (χ2n) is 7.14. The molecule has 4 rings (SSSR count). The van der Waals surface area contributed by atoms with Crippen LogP contribution in [-0.4, -0.2) is 41.4 Å². The van der Waals surface area contributed by atoms with Gasteiger partial charge >= 0.3 is 0 Å². The molecule has 2 heterocycles. The first kappa shape index (κ1) is 20.3. The number of anilines is 2. The third-order valence-electron chi connectivity index (χ3n) is 5.05. The number of hydrogen-bond acceptors (Lipinski definition) is 6. The van der Waals surface area contributed by atoms with Crippen LogP contribution in [0.25, 0.3) is 0 Å². The molecule has 154 valence electrons. The molecule has 0 saturated carbocycles. The number of rotatable bonds is 4. The first-order valence-corrected chi connectivity index (χ1v) is 9.89. The van der Waals surface area contributed by atoms with E-state index in [9.17, 15) is 14.4 Å². The predicted octanol–water partition coefficient (Wildman–Crippen LogP) is 3.54. The van der Waals surface area contributed by atoms with E-state index in [-0.39, 0.29) is 6.54 Å². The number of aryl methyl sites for hydroxylation is 2. The predicted molar refractivity (Wildman–Crippen MR) is 113 cm³/mol. The Morgan fingerprint density at radius 1 is 1.07 bits per heavy atom. The van der Waals surface area contributed by atoms with Crippen LogP contribution in [0.3, 0.4) is 0 Å². The van der Waals surface area contributed by atoms with Crippen LogP contribution in [0.5, 0.6) is 0 Å². The average molecular weight is 446 g/mol. The Hall–Kier alpha value is -2.97. The molecule has 0 radical (unpaired) electrons. The van der Waals surface area contributed by atoms with E-state index in [1.807, 2.05) is 13.8 Å². The summed E-state index contributed by atoms with van der Waals surface area (Å²) >= 11 is 12.1. The molecule has 1 fully saturated rings. The second kappa shape index (κ2) is 7.70. The van der Waals surface area contributed by atoms with Crippen LogP contribution >= 0.6 is 23.2 Å². The van der Waals surface area contributed by atoms with E-state index in [4.69, 9.17) is 23.2 Å². The van der Waals surface area contributed by atoms with Crippen LogP contribution in [-0.2, 0) is 14.4 Å². The number of nitrogens with zero attached hydrogens (tertiary/aromatic N) is 4. The van der Waals surface area contributed by atoms with Gasteiger partial charge in [0, 0.05) is 15.7 Å². The SMILES string of the molecule is Cc1ccc(N2C(=O)[C@H]3N=NN(CC(=O)Nc4cc(Cl)ccc4C)[C@@H]3C2=O)cc1Cl. The molecule has 1 N–H and O–H groups in total. The second-order valence-corrected chi connectivity index (χ2v) is 7.99. The number of halogens is 2. The number of carbonyl (C=O) groups excluding carboxylic acids is 3. The minimum absolute atomic E-state index is 0.238. The van der Waals surface area contributed by atoms with E-state index in [1.165, 1.54) is 5.01 Å². The fourth-order valence-corrected chi connectivity index (χ4v) is 3.74. The molecule has 2 aromatic carbocycles. The van der Waals surface area contributed by atoms with Crippen molar-refractivity contribution in [2.75, 3.05) is 16.8 Å². The first-order chi connectivity index (χ1) is 14.3. The molecular formula is C20H17Cl2N5O3. The smallest absolute Gasteiger partial charge is 0.263 e. The highest BCUT2D eigenvalue weighted by molar-refractivity contribution is 6.32. The zero-order chi connectivity index (χ0) is 21.6. The van der Waals surface area contributed by atoms with Gasteiger partial charge in [0.05, 0.1) is 5.69 Å². The number of imide groups is 1. The average Bonchev–Trinajstić information content (AvgIpc) is 3.21. The standard InChI is InChI=1S/C20H17Cl2N5O3/c1-10-4-6-13(8-14(10)22)27-19(29)17-18(20(27)30)26(25-24-17)9-16(28)23-15-7-12(21)5-3-11(15)2/h3-8,17-18H,9H2,1-2H3,(H,23,28)/t17-,18-/m0/s1. The fraction of sp³-hybridized carbons (Fsp3) is 0.250. The summed E-state index contributed by atoms with van der Waals surface area (Å²) in [5.41, 5.74) is 2.59. The van der Waals surface area contributed by atoms with Gasteiger partial charge in [-0.25, -0.2) is 4.90 Å². The van der Waals surface area contributed by atoms with E-state index in [1.54, 1.807) is 36.4 Å². The van der Waals surface area contributed by atoms with Crippen molar-refractivity contribution in [1.82, 2.24) is 5.01 Å². The van der Waals surface area contributed by atoms with E-state index >= 15 is 0 Å². The summed E-state index contributed by atoms with van der Waals surface area (Å²) in [6, 6.07) is 8.12. The molecule has 10 heteroatoms. The summed E-state index contributed by atoms with van der Waals surface area (Å²) in [7, 11) is 0. The molecule has 0 spiro atoms. The van der Waals surface area contributed by atoms with Crippen LogP contribution < -0.4 is 10.2 Å². The minimum Gasteiger partial charge on any atom is -0.324 e. The largest absolute Gasteiger partial charge is 0.324 e. The van der Waals surface area contributed by atoms with Crippen molar-refractivity contribution in [3.63, 3.8) is 0 Å². The van der Waals surface area contributed by atoms with Gasteiger partial charge in [0.25, 0.3) is 11.8 Å². The van der Waals surface area contributed by atoms with Gasteiger partial charge in [-0.3, -0.25) is 19.4 Å². The van der Waals surface area contributed by atoms with E-state index < -0.39 is 29.8 Å². The minimum atomic E-state index is -0.988. The van der Waals surface area contributed by atoms with Crippen molar-refractivity contribution in [1.29, 1.82) is 0 Å². The summed E-state index contributed by atoms with van der Waals surface area (Å²) < 4.78 is 0. The van der Waals surface area contributed by atoms with Gasteiger partial charge in [0.2, 0.25) is 5.91 Å². The lowest BCUT2D eigenvalue weighted by Gasteiger charge is -2.20. The van der Waals surface area contributed by atoms with Crippen molar-refractivity contribution in [3.8, 4) is 0 Å².